The summed E-state index contributed by atoms with van der Waals surface area (Å²) in [6, 6.07) is 0. The quantitative estimate of drug-likeness (QED) is 0.0876. The molecule has 37 heavy (non-hydrogen) atoms. The van der Waals surface area contributed by atoms with Gasteiger partial charge >= 0.3 is 28.0 Å². The number of aromatic nitrogens is 1. The van der Waals surface area contributed by atoms with Gasteiger partial charge in [0.15, 0.2) is 11.5 Å². The van der Waals surface area contributed by atoms with Gasteiger partial charge in [0.2, 0.25) is 12.0 Å². The number of halogens is 1. The van der Waals surface area contributed by atoms with Crippen molar-refractivity contribution in [3.05, 3.63) is 27.4 Å². The molecule has 3 heterocycles. The van der Waals surface area contributed by atoms with Gasteiger partial charge in [0.05, 0.1) is 16.7 Å². The highest BCUT2D eigenvalue weighted by Crippen LogP contribution is 2.41. The number of thiazole rings is 1. The largest absolute Gasteiger partial charge is 0.541 e. The van der Waals surface area contributed by atoms with Gasteiger partial charge in [-0.1, -0.05) is 12.1 Å². The highest BCUT2D eigenvalue weighted by molar-refractivity contribution is 7.86. The predicted molar refractivity (Wildman–Crippen MR) is 132 cm³/mol. The SMILES string of the molecule is [B]OC(=O)C(=O)C1=C(CCl)CS(=O)[C@@H]2[C@H](CC(=O)/C(=N\O[C@@H](CC)C(=O)O[B])c3csc(C)n3)C(=O)N12. The molecule has 1 unspecified atom stereocenters. The van der Waals surface area contributed by atoms with E-state index in [4.69, 9.17) is 32.5 Å². The van der Waals surface area contributed by atoms with E-state index in [1.54, 1.807) is 13.8 Å². The third kappa shape index (κ3) is 5.70. The van der Waals surface area contributed by atoms with Gasteiger partial charge in [-0.3, -0.25) is 23.5 Å². The Kier molecular flexibility index (Phi) is 9.42. The average Bonchev–Trinajstić information content (AvgIpc) is 3.33. The van der Waals surface area contributed by atoms with Crippen LogP contribution in [0.25, 0.3) is 0 Å². The third-order valence-electron chi connectivity index (χ3n) is 5.54. The van der Waals surface area contributed by atoms with E-state index >= 15 is 0 Å². The van der Waals surface area contributed by atoms with Crippen LogP contribution >= 0.6 is 22.9 Å². The molecule has 0 N–H and O–H groups in total. The number of ketones is 2. The molecule has 0 aromatic carbocycles. The zero-order chi connectivity index (χ0) is 27.4. The number of hydrogen-bond donors (Lipinski definition) is 0. The lowest BCUT2D eigenvalue weighted by atomic mass is 9.88. The van der Waals surface area contributed by atoms with Gasteiger partial charge in [-0.15, -0.1) is 22.9 Å². The van der Waals surface area contributed by atoms with Crippen LogP contribution in [-0.4, -0.2) is 88.4 Å². The van der Waals surface area contributed by atoms with Crippen LogP contribution in [0.4, 0.5) is 0 Å². The van der Waals surface area contributed by atoms with Gasteiger partial charge < -0.3 is 14.1 Å². The summed E-state index contributed by atoms with van der Waals surface area (Å²) in [6.45, 7) is 3.30. The Hall–Kier alpha value is -2.84. The zero-order valence-electron chi connectivity index (χ0n) is 19.5. The second-order valence-corrected chi connectivity index (χ2v) is 10.7. The first-order chi connectivity index (χ1) is 17.6. The second-order valence-electron chi connectivity index (χ2n) is 7.81. The number of carbonyl (C=O) groups is 5. The molecule has 17 heteroatoms. The first-order valence-electron chi connectivity index (χ1n) is 10.6. The van der Waals surface area contributed by atoms with E-state index < -0.39 is 64.0 Å². The molecule has 4 radical (unpaired) electrons. The summed E-state index contributed by atoms with van der Waals surface area (Å²) in [5.41, 5.74) is -0.388. The van der Waals surface area contributed by atoms with E-state index in [9.17, 15) is 28.2 Å². The van der Waals surface area contributed by atoms with Gasteiger partial charge in [-0.05, 0) is 18.9 Å². The molecule has 0 spiro atoms. The lowest BCUT2D eigenvalue weighted by molar-refractivity contribution is -0.153. The molecular weight excluding hydrogens is 547 g/mol. The Balaban J connectivity index is 1.89. The standard InChI is InChI=1S/C20H18B2ClN3O9S2/c1-3-13(19(30)33-21)35-25-14(11-6-36-8(2)24-11)12(27)4-10-17(29)26-15(16(28)20(31)34-22)9(5-23)7-37(32)18(10)26/h6,10,13,18H,3-5,7H2,1-2H3/b25-14-/t10-,13+,18-,37?/m1/s1. The molecule has 1 aromatic heterocycles. The monoisotopic (exact) mass is 565 g/mol. The molecule has 0 aliphatic carbocycles. The normalized spacial score (nSPS) is 22.0. The van der Waals surface area contributed by atoms with Crippen molar-refractivity contribution in [2.24, 2.45) is 11.1 Å². The maximum Gasteiger partial charge on any atom is 0.379 e. The van der Waals surface area contributed by atoms with Crippen LogP contribution in [0.5, 0.6) is 0 Å². The van der Waals surface area contributed by atoms with E-state index in [0.717, 1.165) is 4.90 Å². The lowest BCUT2D eigenvalue weighted by Crippen LogP contribution is -2.66. The van der Waals surface area contributed by atoms with Gasteiger partial charge in [-0.2, -0.15) is 0 Å². The molecule has 1 amide bonds. The van der Waals surface area contributed by atoms with Gasteiger partial charge in [-0.25, -0.2) is 14.6 Å². The molecule has 192 valence electrons. The van der Waals surface area contributed by atoms with Crippen LogP contribution in [0.15, 0.2) is 21.8 Å². The van der Waals surface area contributed by atoms with Crippen LogP contribution in [-0.2, 0) is 48.9 Å². The van der Waals surface area contributed by atoms with Crippen molar-refractivity contribution in [2.45, 2.75) is 38.2 Å². The van der Waals surface area contributed by atoms with Gasteiger partial charge in [0.25, 0.3) is 5.78 Å². The maximum absolute atomic E-state index is 13.3. The third-order valence-corrected chi connectivity index (χ3v) is 8.34. The number of rotatable bonds is 11. The number of amides is 1. The van der Waals surface area contributed by atoms with Crippen LogP contribution in [0.1, 0.15) is 30.5 Å². The van der Waals surface area contributed by atoms with Crippen molar-refractivity contribution in [1.29, 1.82) is 0 Å². The number of β-lactam (4-membered cyclic amide) rings is 1. The molecule has 0 bridgehead atoms. The summed E-state index contributed by atoms with van der Waals surface area (Å²) < 4.78 is 21.0. The minimum Gasteiger partial charge on any atom is -0.541 e. The summed E-state index contributed by atoms with van der Waals surface area (Å²) >= 11 is 7.08. The molecular formula is C20H18B2ClN3O9S2. The Labute approximate surface area is 225 Å². The topological polar surface area (TPSA) is 159 Å². The molecule has 2 aliphatic rings. The van der Waals surface area contributed by atoms with Gasteiger partial charge in [0, 0.05) is 28.5 Å². The molecule has 12 nitrogen and oxygen atoms in total. The number of hydrogen-bond acceptors (Lipinski definition) is 12. The van der Waals surface area contributed by atoms with E-state index in [2.05, 4.69) is 19.4 Å². The fourth-order valence-corrected chi connectivity index (χ4v) is 6.46. The fraction of sp³-hybridized carbons (Fsp3) is 0.450. The summed E-state index contributed by atoms with van der Waals surface area (Å²) in [5, 5.41) is 4.87. The average molecular weight is 566 g/mol. The number of Topliss-reactive ketones (excluding diaryl/α,β-unsaturated/α-hetero) is 2. The summed E-state index contributed by atoms with van der Waals surface area (Å²) in [5.74, 6) is -6.56. The minimum absolute atomic E-state index is 0.107. The van der Waals surface area contributed by atoms with Crippen molar-refractivity contribution in [3.63, 3.8) is 0 Å². The van der Waals surface area contributed by atoms with E-state index in [1.165, 1.54) is 16.7 Å². The lowest BCUT2D eigenvalue weighted by Gasteiger charge is -2.49. The molecule has 4 atom stereocenters. The second kappa shape index (κ2) is 12.1. The Morgan fingerprint density at radius 2 is 2.03 bits per heavy atom. The van der Waals surface area contributed by atoms with E-state index in [1.807, 2.05) is 0 Å². The van der Waals surface area contributed by atoms with Crippen molar-refractivity contribution < 1.29 is 42.3 Å². The van der Waals surface area contributed by atoms with Crippen LogP contribution in [0, 0.1) is 12.8 Å². The number of aryl methyl sites for hydroxylation is 1. The zero-order valence-corrected chi connectivity index (χ0v) is 21.9. The van der Waals surface area contributed by atoms with Crippen LogP contribution in [0.2, 0.25) is 0 Å². The molecule has 0 saturated carbocycles. The maximum atomic E-state index is 13.3. The van der Waals surface area contributed by atoms with Crippen molar-refractivity contribution in [2.75, 3.05) is 11.6 Å². The molecule has 3 rings (SSSR count). The number of alkyl halides is 1. The smallest absolute Gasteiger partial charge is 0.379 e. The molecule has 1 fully saturated rings. The van der Waals surface area contributed by atoms with E-state index in [0.29, 0.717) is 5.01 Å². The molecule has 1 saturated heterocycles. The van der Waals surface area contributed by atoms with Crippen LogP contribution in [0.3, 0.4) is 0 Å². The summed E-state index contributed by atoms with van der Waals surface area (Å²) in [4.78, 5) is 72.6. The fourth-order valence-electron chi connectivity index (χ4n) is 3.75. The van der Waals surface area contributed by atoms with Crippen molar-refractivity contribution >= 4 is 85.0 Å². The highest BCUT2D eigenvalue weighted by atomic mass is 35.5. The molecule has 2 aliphatic heterocycles. The van der Waals surface area contributed by atoms with E-state index in [-0.39, 0.29) is 40.7 Å². The van der Waals surface area contributed by atoms with Crippen molar-refractivity contribution in [3.8, 4) is 0 Å². The predicted octanol–water partition coefficient (Wildman–Crippen LogP) is -0.228. The first kappa shape index (κ1) is 28.7. The minimum atomic E-state index is -1.74. The summed E-state index contributed by atoms with van der Waals surface area (Å²) in [7, 11) is 7.95. The highest BCUT2D eigenvalue weighted by Gasteiger charge is 2.57. The van der Waals surface area contributed by atoms with Gasteiger partial charge in [0.1, 0.15) is 16.8 Å². The Morgan fingerprint density at radius 3 is 2.57 bits per heavy atom. The first-order valence-corrected chi connectivity index (χ1v) is 13.4. The number of oxime groups is 1. The number of carbonyl (C=O) groups excluding carboxylic acids is 5. The van der Waals surface area contributed by atoms with Crippen LogP contribution < -0.4 is 0 Å². The van der Waals surface area contributed by atoms with Crippen molar-refractivity contribution in [1.82, 2.24) is 9.88 Å². The Bertz CT molecular complexity index is 1240. The number of nitrogens with zero attached hydrogens (tertiary/aromatic N) is 3. The summed E-state index contributed by atoms with van der Waals surface area (Å²) in [6.07, 6.45) is -1.54. The number of fused-ring (bicyclic) bond motifs is 1. The molecule has 1 aromatic rings. The Morgan fingerprint density at radius 1 is 1.32 bits per heavy atom.